The van der Waals surface area contributed by atoms with Gasteiger partial charge in [0.1, 0.15) is 0 Å². The van der Waals surface area contributed by atoms with Crippen LogP contribution in [-0.4, -0.2) is 19.1 Å². The molecule has 0 aliphatic rings. The van der Waals surface area contributed by atoms with Crippen molar-refractivity contribution in [3.05, 3.63) is 23.9 Å². The summed E-state index contributed by atoms with van der Waals surface area (Å²) < 4.78 is 5.05. The monoisotopic (exact) mass is 152 g/mol. The van der Waals surface area contributed by atoms with Crippen LogP contribution >= 0.6 is 0 Å². The van der Waals surface area contributed by atoms with Crippen molar-refractivity contribution >= 4 is 0 Å². The van der Waals surface area contributed by atoms with E-state index in [9.17, 15) is 0 Å². The van der Waals surface area contributed by atoms with Gasteiger partial charge >= 0.3 is 0 Å². The van der Waals surface area contributed by atoms with Gasteiger partial charge in [0.2, 0.25) is 5.88 Å². The van der Waals surface area contributed by atoms with Gasteiger partial charge in [-0.15, -0.1) is 0 Å². The minimum absolute atomic E-state index is 0.696. The van der Waals surface area contributed by atoms with E-state index in [2.05, 4.69) is 10.3 Å². The van der Waals surface area contributed by atoms with E-state index in [0.29, 0.717) is 5.88 Å². The zero-order valence-electron chi connectivity index (χ0n) is 6.79. The Bertz CT molecular complexity index is 225. The lowest BCUT2D eigenvalue weighted by atomic mass is 10.3. The number of rotatable bonds is 3. The fourth-order valence-electron chi connectivity index (χ4n) is 0.933. The van der Waals surface area contributed by atoms with Crippen LogP contribution in [0.5, 0.6) is 5.88 Å². The van der Waals surface area contributed by atoms with Gasteiger partial charge < -0.3 is 10.1 Å². The van der Waals surface area contributed by atoms with Crippen molar-refractivity contribution in [1.29, 1.82) is 0 Å². The molecular weight excluding hydrogens is 140 g/mol. The SMILES string of the molecule is CNCc1cccnc1OC. The van der Waals surface area contributed by atoms with Crippen LogP contribution in [0.2, 0.25) is 0 Å². The molecule has 1 aromatic heterocycles. The second-order valence-electron chi connectivity index (χ2n) is 2.20. The van der Waals surface area contributed by atoms with E-state index in [1.165, 1.54) is 0 Å². The van der Waals surface area contributed by atoms with E-state index in [1.54, 1.807) is 13.3 Å². The van der Waals surface area contributed by atoms with Gasteiger partial charge in [0.15, 0.2) is 0 Å². The molecule has 0 bridgehead atoms. The highest BCUT2D eigenvalue weighted by Gasteiger charge is 1.99. The first-order valence-corrected chi connectivity index (χ1v) is 3.51. The summed E-state index contributed by atoms with van der Waals surface area (Å²) in [5.74, 6) is 0.696. The molecule has 0 aromatic carbocycles. The van der Waals surface area contributed by atoms with E-state index in [-0.39, 0.29) is 0 Å². The minimum Gasteiger partial charge on any atom is -0.481 e. The molecule has 0 saturated heterocycles. The van der Waals surface area contributed by atoms with E-state index >= 15 is 0 Å². The van der Waals surface area contributed by atoms with Gasteiger partial charge in [-0.1, -0.05) is 6.07 Å². The molecule has 0 aliphatic heterocycles. The van der Waals surface area contributed by atoms with Crippen molar-refractivity contribution in [2.75, 3.05) is 14.2 Å². The van der Waals surface area contributed by atoms with Crippen LogP contribution in [-0.2, 0) is 6.54 Å². The Balaban J connectivity index is 2.83. The molecule has 0 fully saturated rings. The molecule has 0 atom stereocenters. The lowest BCUT2D eigenvalue weighted by Gasteiger charge is -2.04. The predicted molar refractivity (Wildman–Crippen MR) is 43.6 cm³/mol. The molecule has 11 heavy (non-hydrogen) atoms. The summed E-state index contributed by atoms with van der Waals surface area (Å²) >= 11 is 0. The van der Waals surface area contributed by atoms with Crippen molar-refractivity contribution in [1.82, 2.24) is 10.3 Å². The van der Waals surface area contributed by atoms with E-state index in [4.69, 9.17) is 4.74 Å². The van der Waals surface area contributed by atoms with Crippen molar-refractivity contribution in [2.45, 2.75) is 6.54 Å². The first-order valence-electron chi connectivity index (χ1n) is 3.51. The van der Waals surface area contributed by atoms with Crippen molar-refractivity contribution in [2.24, 2.45) is 0 Å². The second kappa shape index (κ2) is 3.93. The Labute approximate surface area is 66.4 Å². The quantitative estimate of drug-likeness (QED) is 0.696. The highest BCUT2D eigenvalue weighted by molar-refractivity contribution is 5.24. The maximum atomic E-state index is 5.05. The molecular formula is C8H12N2O. The third-order valence-electron chi connectivity index (χ3n) is 1.41. The van der Waals surface area contributed by atoms with Crippen LogP contribution in [0.15, 0.2) is 18.3 Å². The maximum absolute atomic E-state index is 5.05. The molecule has 1 rings (SSSR count). The molecule has 60 valence electrons. The largest absolute Gasteiger partial charge is 0.481 e. The summed E-state index contributed by atoms with van der Waals surface area (Å²) in [7, 11) is 3.52. The van der Waals surface area contributed by atoms with Crippen molar-refractivity contribution in [3.63, 3.8) is 0 Å². The van der Waals surface area contributed by atoms with Crippen LogP contribution in [0.25, 0.3) is 0 Å². The van der Waals surface area contributed by atoms with Gasteiger partial charge in [-0.3, -0.25) is 0 Å². The topological polar surface area (TPSA) is 34.2 Å². The average Bonchev–Trinajstić information content (AvgIpc) is 2.06. The van der Waals surface area contributed by atoms with Gasteiger partial charge in [-0.05, 0) is 13.1 Å². The van der Waals surface area contributed by atoms with Gasteiger partial charge in [0.25, 0.3) is 0 Å². The summed E-state index contributed by atoms with van der Waals surface area (Å²) in [6, 6.07) is 3.89. The Morgan fingerprint density at radius 1 is 1.64 bits per heavy atom. The number of ether oxygens (including phenoxy) is 1. The molecule has 0 unspecified atom stereocenters. The normalized spacial score (nSPS) is 9.64. The van der Waals surface area contributed by atoms with Gasteiger partial charge in [0, 0.05) is 18.3 Å². The van der Waals surface area contributed by atoms with Crippen molar-refractivity contribution < 1.29 is 4.74 Å². The molecule has 3 heteroatoms. The van der Waals surface area contributed by atoms with Crippen molar-refractivity contribution in [3.8, 4) is 5.88 Å². The molecule has 1 N–H and O–H groups in total. The van der Waals surface area contributed by atoms with Crippen LogP contribution in [0, 0.1) is 0 Å². The fraction of sp³-hybridized carbons (Fsp3) is 0.375. The summed E-state index contributed by atoms with van der Waals surface area (Å²) in [6.07, 6.45) is 1.72. The van der Waals surface area contributed by atoms with Crippen LogP contribution in [0.3, 0.4) is 0 Å². The molecule has 0 amide bonds. The summed E-state index contributed by atoms with van der Waals surface area (Å²) in [5.41, 5.74) is 1.08. The Morgan fingerprint density at radius 3 is 3.09 bits per heavy atom. The number of hydrogen-bond acceptors (Lipinski definition) is 3. The highest BCUT2D eigenvalue weighted by atomic mass is 16.5. The fourth-order valence-corrected chi connectivity index (χ4v) is 0.933. The molecule has 0 spiro atoms. The standard InChI is InChI=1S/C8H12N2O/c1-9-6-7-4-3-5-10-8(7)11-2/h3-5,9H,6H2,1-2H3. The average molecular weight is 152 g/mol. The van der Waals surface area contributed by atoms with Crippen LogP contribution in [0.1, 0.15) is 5.56 Å². The Kier molecular flexibility index (Phi) is 2.86. The maximum Gasteiger partial charge on any atom is 0.217 e. The molecule has 1 aromatic rings. The summed E-state index contributed by atoms with van der Waals surface area (Å²) in [5, 5.41) is 3.04. The lowest BCUT2D eigenvalue weighted by Crippen LogP contribution is -2.07. The highest BCUT2D eigenvalue weighted by Crippen LogP contribution is 2.12. The smallest absolute Gasteiger partial charge is 0.217 e. The van der Waals surface area contributed by atoms with Crippen LogP contribution in [0.4, 0.5) is 0 Å². The molecule has 0 aliphatic carbocycles. The molecule has 0 saturated carbocycles. The molecule has 0 radical (unpaired) electrons. The lowest BCUT2D eigenvalue weighted by molar-refractivity contribution is 0.391. The Morgan fingerprint density at radius 2 is 2.45 bits per heavy atom. The number of nitrogens with one attached hydrogen (secondary N) is 1. The van der Waals surface area contributed by atoms with E-state index in [0.717, 1.165) is 12.1 Å². The Hall–Kier alpha value is -1.09. The van der Waals surface area contributed by atoms with E-state index < -0.39 is 0 Å². The zero-order valence-corrected chi connectivity index (χ0v) is 6.79. The number of hydrogen-bond donors (Lipinski definition) is 1. The van der Waals surface area contributed by atoms with Gasteiger partial charge in [-0.25, -0.2) is 4.98 Å². The molecule has 3 nitrogen and oxygen atoms in total. The number of methoxy groups -OCH3 is 1. The van der Waals surface area contributed by atoms with Crippen LogP contribution < -0.4 is 10.1 Å². The third-order valence-corrected chi connectivity index (χ3v) is 1.41. The number of aromatic nitrogens is 1. The van der Waals surface area contributed by atoms with E-state index in [1.807, 2.05) is 19.2 Å². The summed E-state index contributed by atoms with van der Waals surface area (Å²) in [4.78, 5) is 4.05. The first kappa shape index (κ1) is 8.01. The first-order chi connectivity index (χ1) is 5.38. The molecule has 1 heterocycles. The number of pyridine rings is 1. The van der Waals surface area contributed by atoms with Gasteiger partial charge in [0.05, 0.1) is 7.11 Å². The zero-order chi connectivity index (χ0) is 8.10. The predicted octanol–water partition coefficient (Wildman–Crippen LogP) is 0.810. The summed E-state index contributed by atoms with van der Waals surface area (Å²) in [6.45, 7) is 0.789. The minimum atomic E-state index is 0.696. The van der Waals surface area contributed by atoms with Gasteiger partial charge in [-0.2, -0.15) is 0 Å². The second-order valence-corrected chi connectivity index (χ2v) is 2.20. The number of nitrogens with zero attached hydrogens (tertiary/aromatic N) is 1. The third kappa shape index (κ3) is 1.91.